The average molecular weight is 440 g/mol. The lowest BCUT2D eigenvalue weighted by Gasteiger charge is -2.26. The van der Waals surface area contributed by atoms with Gasteiger partial charge in [0.1, 0.15) is 0 Å². The van der Waals surface area contributed by atoms with Crippen molar-refractivity contribution in [2.45, 2.75) is 38.1 Å². The van der Waals surface area contributed by atoms with Gasteiger partial charge in [0.2, 0.25) is 11.9 Å². The molecule has 1 saturated heterocycles. The molecular weight excluding hydrogens is 414 g/mol. The van der Waals surface area contributed by atoms with Crippen LogP contribution in [0.3, 0.4) is 0 Å². The summed E-state index contributed by atoms with van der Waals surface area (Å²) >= 11 is 0. The molecule has 1 fully saturated rings. The summed E-state index contributed by atoms with van der Waals surface area (Å²) in [5.74, 6) is 1.34. The molecule has 0 spiro atoms. The zero-order chi connectivity index (χ0) is 22.6. The first kappa shape index (κ1) is 19.7. The maximum absolute atomic E-state index is 12.3. The highest BCUT2D eigenvalue weighted by molar-refractivity contribution is 6.06. The Kier molecular flexibility index (Phi) is 4.36. The van der Waals surface area contributed by atoms with E-state index < -0.39 is 5.41 Å². The Morgan fingerprint density at radius 2 is 2.00 bits per heavy atom. The van der Waals surface area contributed by atoms with E-state index in [1.807, 2.05) is 44.3 Å². The van der Waals surface area contributed by atoms with Crippen molar-refractivity contribution < 1.29 is 4.79 Å². The number of carbonyl (C=O) groups is 1. The number of carbonyl (C=O) groups excluding carboxylic acids is 1. The Morgan fingerprint density at radius 1 is 1.15 bits per heavy atom. The van der Waals surface area contributed by atoms with E-state index in [0.29, 0.717) is 5.95 Å². The van der Waals surface area contributed by atoms with Gasteiger partial charge in [-0.15, -0.1) is 5.10 Å². The van der Waals surface area contributed by atoms with E-state index in [9.17, 15) is 4.79 Å². The van der Waals surface area contributed by atoms with Crippen molar-refractivity contribution in [3.05, 3.63) is 72.1 Å². The van der Waals surface area contributed by atoms with Crippen molar-refractivity contribution in [2.75, 3.05) is 22.1 Å². The minimum absolute atomic E-state index is 0.00908. The van der Waals surface area contributed by atoms with Crippen LogP contribution in [0.25, 0.3) is 5.65 Å². The van der Waals surface area contributed by atoms with Crippen molar-refractivity contribution in [1.29, 1.82) is 0 Å². The van der Waals surface area contributed by atoms with E-state index in [1.54, 1.807) is 10.7 Å². The molecule has 1 amide bonds. The molecule has 2 aliphatic rings. The molecule has 0 radical (unpaired) electrons. The Bertz CT molecular complexity index is 1360. The molecule has 2 aliphatic heterocycles. The highest BCUT2D eigenvalue weighted by atomic mass is 16.2. The monoisotopic (exact) mass is 439 g/mol. The van der Waals surface area contributed by atoms with Gasteiger partial charge < -0.3 is 15.5 Å². The molecule has 4 heterocycles. The maximum Gasteiger partial charge on any atom is 0.247 e. The van der Waals surface area contributed by atoms with E-state index in [-0.39, 0.29) is 11.9 Å². The number of nitrogens with one attached hydrogen (secondary N) is 2. The number of aromatic nitrogens is 4. The average Bonchev–Trinajstić information content (AvgIpc) is 3.51. The lowest BCUT2D eigenvalue weighted by atomic mass is 9.86. The van der Waals surface area contributed by atoms with Crippen molar-refractivity contribution in [3.8, 4) is 0 Å². The molecule has 33 heavy (non-hydrogen) atoms. The molecule has 2 aromatic heterocycles. The number of hydrogen-bond donors (Lipinski definition) is 2. The quantitative estimate of drug-likeness (QED) is 0.489. The molecule has 2 aromatic carbocycles. The van der Waals surface area contributed by atoms with Crippen LogP contribution in [-0.4, -0.2) is 32.0 Å². The molecule has 0 aliphatic carbocycles. The van der Waals surface area contributed by atoms with Gasteiger partial charge >= 0.3 is 0 Å². The molecule has 8 heteroatoms. The van der Waals surface area contributed by atoms with Crippen LogP contribution >= 0.6 is 0 Å². The van der Waals surface area contributed by atoms with E-state index in [4.69, 9.17) is 4.98 Å². The number of fused-ring (bicyclic) bond motifs is 2. The van der Waals surface area contributed by atoms with Crippen molar-refractivity contribution in [1.82, 2.24) is 19.6 Å². The molecule has 6 rings (SSSR count). The molecule has 4 aromatic rings. The van der Waals surface area contributed by atoms with Gasteiger partial charge in [-0.2, -0.15) is 4.98 Å². The van der Waals surface area contributed by atoms with Crippen LogP contribution in [-0.2, 0) is 10.2 Å². The third-order valence-corrected chi connectivity index (χ3v) is 6.71. The predicted octanol–water partition coefficient (Wildman–Crippen LogP) is 4.44. The topological polar surface area (TPSA) is 87.5 Å². The predicted molar refractivity (Wildman–Crippen MR) is 128 cm³/mol. The Morgan fingerprint density at radius 3 is 2.85 bits per heavy atom. The smallest absolute Gasteiger partial charge is 0.247 e. The summed E-state index contributed by atoms with van der Waals surface area (Å²) in [5.41, 5.74) is 4.12. The number of benzene rings is 2. The molecule has 2 N–H and O–H groups in total. The lowest BCUT2D eigenvalue weighted by molar-refractivity contribution is -0.119. The highest BCUT2D eigenvalue weighted by Crippen LogP contribution is 2.39. The van der Waals surface area contributed by atoms with E-state index in [1.165, 1.54) is 5.56 Å². The highest BCUT2D eigenvalue weighted by Gasteiger charge is 2.38. The minimum atomic E-state index is -0.527. The fraction of sp³-hybridized carbons (Fsp3) is 0.280. The molecule has 0 saturated carbocycles. The fourth-order valence-corrected chi connectivity index (χ4v) is 4.90. The summed E-state index contributed by atoms with van der Waals surface area (Å²) in [6, 6.07) is 16.7. The van der Waals surface area contributed by atoms with Crippen molar-refractivity contribution in [3.63, 3.8) is 0 Å². The van der Waals surface area contributed by atoms with Gasteiger partial charge in [0.15, 0.2) is 11.5 Å². The second-order valence-electron chi connectivity index (χ2n) is 9.18. The number of amides is 1. The first-order valence-corrected chi connectivity index (χ1v) is 11.3. The van der Waals surface area contributed by atoms with Crippen molar-refractivity contribution in [2.24, 2.45) is 0 Å². The molecule has 1 atom stereocenters. The molecular formula is C25H25N7O. The first-order valence-electron chi connectivity index (χ1n) is 11.3. The summed E-state index contributed by atoms with van der Waals surface area (Å²) < 4.78 is 1.77. The summed E-state index contributed by atoms with van der Waals surface area (Å²) in [6.07, 6.45) is 5.78. The van der Waals surface area contributed by atoms with Gasteiger partial charge in [-0.1, -0.05) is 36.4 Å². The summed E-state index contributed by atoms with van der Waals surface area (Å²) in [5, 5.41) is 10.9. The third-order valence-electron chi connectivity index (χ3n) is 6.71. The molecule has 8 nitrogen and oxygen atoms in total. The molecule has 0 bridgehead atoms. The Hall–Kier alpha value is -3.94. The second-order valence-corrected chi connectivity index (χ2v) is 9.18. The van der Waals surface area contributed by atoms with Crippen LogP contribution in [0, 0.1) is 0 Å². The van der Waals surface area contributed by atoms with Crippen LogP contribution in [0.1, 0.15) is 43.9 Å². The minimum Gasteiger partial charge on any atom is -0.346 e. The van der Waals surface area contributed by atoms with Crippen LogP contribution in [0.2, 0.25) is 0 Å². The molecule has 166 valence electrons. The van der Waals surface area contributed by atoms with Crippen LogP contribution in [0.15, 0.2) is 60.9 Å². The van der Waals surface area contributed by atoms with Crippen LogP contribution in [0.5, 0.6) is 0 Å². The summed E-state index contributed by atoms with van der Waals surface area (Å²) in [7, 11) is 0. The number of nitrogens with zero attached hydrogens (tertiary/aromatic N) is 5. The van der Waals surface area contributed by atoms with Crippen LogP contribution in [0.4, 0.5) is 23.1 Å². The largest absolute Gasteiger partial charge is 0.346 e. The maximum atomic E-state index is 12.3. The van der Waals surface area contributed by atoms with E-state index in [2.05, 4.69) is 49.9 Å². The Balaban J connectivity index is 1.32. The van der Waals surface area contributed by atoms with Gasteiger partial charge in [-0.05, 0) is 49.9 Å². The van der Waals surface area contributed by atoms with Crippen molar-refractivity contribution >= 4 is 34.7 Å². The summed E-state index contributed by atoms with van der Waals surface area (Å²) in [6.45, 7) is 4.79. The van der Waals surface area contributed by atoms with Gasteiger partial charge in [-0.25, -0.2) is 9.50 Å². The second kappa shape index (κ2) is 7.30. The standard InChI is InChI=1S/C25H25N7O/c1-25(2)18-11-10-17(15-19(18)28-23(25)33)27-24-29-22-21(26-12-14-32(22)30-24)31-13-6-9-20(31)16-7-4-3-5-8-16/h3-5,7-8,10-12,14-15,20H,6,9,13H2,1-2H3,(H,27,30)(H,28,33)/t20-/m0/s1. The SMILES string of the molecule is CC1(C)C(=O)Nc2cc(Nc3nc4c(N5CCC[C@H]5c5ccccc5)nccn4n3)ccc21. The number of anilines is 4. The van der Waals surface area contributed by atoms with Crippen LogP contribution < -0.4 is 15.5 Å². The number of rotatable bonds is 4. The zero-order valence-electron chi connectivity index (χ0n) is 18.6. The van der Waals surface area contributed by atoms with E-state index >= 15 is 0 Å². The van der Waals surface area contributed by atoms with Gasteiger partial charge in [0, 0.05) is 30.3 Å². The fourth-order valence-electron chi connectivity index (χ4n) is 4.90. The van der Waals surface area contributed by atoms with Gasteiger partial charge in [0.25, 0.3) is 0 Å². The first-order chi connectivity index (χ1) is 16.0. The zero-order valence-corrected chi connectivity index (χ0v) is 18.6. The Labute approximate surface area is 191 Å². The third kappa shape index (κ3) is 3.21. The molecule has 0 unspecified atom stereocenters. The number of hydrogen-bond acceptors (Lipinski definition) is 6. The van der Waals surface area contributed by atoms with Gasteiger partial charge in [-0.3, -0.25) is 4.79 Å². The normalized spacial score (nSPS) is 19.0. The lowest BCUT2D eigenvalue weighted by Crippen LogP contribution is -2.26. The summed E-state index contributed by atoms with van der Waals surface area (Å²) in [4.78, 5) is 24.0. The van der Waals surface area contributed by atoms with E-state index in [0.717, 1.165) is 47.8 Å². The van der Waals surface area contributed by atoms with Gasteiger partial charge in [0.05, 0.1) is 11.5 Å².